The molecule has 0 unspecified atom stereocenters. The number of hydrogen-bond acceptors (Lipinski definition) is 2. The lowest BCUT2D eigenvalue weighted by Gasteiger charge is -1.94. The van der Waals surface area contributed by atoms with Crippen molar-refractivity contribution in [2.75, 3.05) is 0 Å². The van der Waals surface area contributed by atoms with Crippen LogP contribution >= 0.6 is 0 Å². The summed E-state index contributed by atoms with van der Waals surface area (Å²) >= 11 is 0. The number of rotatable bonds is 4. The summed E-state index contributed by atoms with van der Waals surface area (Å²) in [5, 5.41) is 9.50. The van der Waals surface area contributed by atoms with Crippen LogP contribution in [-0.4, -0.2) is 11.3 Å². The van der Waals surface area contributed by atoms with Crippen LogP contribution in [0.3, 0.4) is 0 Å². The number of aliphatic imine (C=N–C) groups is 1. The van der Waals surface area contributed by atoms with E-state index in [9.17, 15) is 5.11 Å². The zero-order valence-corrected chi connectivity index (χ0v) is 10.2. The second-order valence-corrected chi connectivity index (χ2v) is 3.59. The molecule has 0 saturated carbocycles. The van der Waals surface area contributed by atoms with Gasteiger partial charge >= 0.3 is 0 Å². The molecule has 1 aromatic carbocycles. The first kappa shape index (κ1) is 13.0. The molecule has 88 valence electrons. The molecule has 0 atom stereocenters. The van der Waals surface area contributed by atoms with Crippen molar-refractivity contribution in [3.63, 3.8) is 0 Å². The van der Waals surface area contributed by atoms with Crippen LogP contribution in [0.25, 0.3) is 0 Å². The van der Waals surface area contributed by atoms with Gasteiger partial charge in [-0.1, -0.05) is 30.4 Å². The highest BCUT2D eigenvalue weighted by Gasteiger charge is 1.92. The molecule has 0 radical (unpaired) electrons. The van der Waals surface area contributed by atoms with Crippen LogP contribution in [0.1, 0.15) is 19.4 Å². The van der Waals surface area contributed by atoms with Gasteiger partial charge in [-0.05, 0) is 37.6 Å². The van der Waals surface area contributed by atoms with Gasteiger partial charge in [0.2, 0.25) is 0 Å². The Bertz CT molecular complexity index is 468. The monoisotopic (exact) mass is 227 g/mol. The predicted octanol–water partition coefficient (Wildman–Crippen LogP) is 3.85. The van der Waals surface area contributed by atoms with Gasteiger partial charge in [0.05, 0.1) is 0 Å². The molecule has 17 heavy (non-hydrogen) atoms. The summed E-state index contributed by atoms with van der Waals surface area (Å²) in [6.07, 6.45) is 11.2. The Labute approximate surface area is 102 Å². The number of allylic oxidation sites excluding steroid dienone is 5. The number of para-hydroxylation sites is 1. The molecular formula is C15H17NO. The third-order valence-electron chi connectivity index (χ3n) is 2.13. The second kappa shape index (κ2) is 7.23. The second-order valence-electron chi connectivity index (χ2n) is 3.59. The van der Waals surface area contributed by atoms with Gasteiger partial charge in [-0.3, -0.25) is 4.99 Å². The Morgan fingerprint density at radius 2 is 2.06 bits per heavy atom. The van der Waals surface area contributed by atoms with E-state index in [1.165, 1.54) is 0 Å². The lowest BCUT2D eigenvalue weighted by Crippen LogP contribution is -1.79. The molecule has 0 aliphatic heterocycles. The van der Waals surface area contributed by atoms with E-state index in [1.54, 1.807) is 24.5 Å². The Morgan fingerprint density at radius 3 is 2.76 bits per heavy atom. The Hall–Kier alpha value is -2.09. The van der Waals surface area contributed by atoms with Crippen LogP contribution in [0.5, 0.6) is 5.75 Å². The molecule has 0 amide bonds. The van der Waals surface area contributed by atoms with E-state index >= 15 is 0 Å². The Balaban J connectivity index is 2.62. The van der Waals surface area contributed by atoms with E-state index in [0.29, 0.717) is 5.56 Å². The van der Waals surface area contributed by atoms with Gasteiger partial charge in [-0.15, -0.1) is 0 Å². The van der Waals surface area contributed by atoms with Crippen molar-refractivity contribution in [3.05, 3.63) is 65.9 Å². The summed E-state index contributed by atoms with van der Waals surface area (Å²) in [6, 6.07) is 7.10. The summed E-state index contributed by atoms with van der Waals surface area (Å²) in [5.41, 5.74) is 1.84. The van der Waals surface area contributed by atoms with E-state index < -0.39 is 0 Å². The smallest absolute Gasteiger partial charge is 0.124 e. The minimum atomic E-state index is 0.242. The highest BCUT2D eigenvalue weighted by atomic mass is 16.3. The van der Waals surface area contributed by atoms with Crippen LogP contribution in [-0.2, 0) is 0 Å². The van der Waals surface area contributed by atoms with Crippen LogP contribution in [0.4, 0.5) is 0 Å². The summed E-state index contributed by atoms with van der Waals surface area (Å²) < 4.78 is 0. The van der Waals surface area contributed by atoms with Crippen molar-refractivity contribution in [1.29, 1.82) is 0 Å². The van der Waals surface area contributed by atoms with E-state index in [2.05, 4.69) is 4.99 Å². The van der Waals surface area contributed by atoms with Crippen molar-refractivity contribution in [2.24, 2.45) is 4.99 Å². The Kier molecular flexibility index (Phi) is 5.52. The summed E-state index contributed by atoms with van der Waals surface area (Å²) in [6.45, 7) is 3.98. The lowest BCUT2D eigenvalue weighted by molar-refractivity contribution is 0.474. The van der Waals surface area contributed by atoms with Gasteiger partial charge in [0, 0.05) is 18.0 Å². The standard InChI is InChI=1S/C15H17NO/c1-3-4-7-13(2)10-11-16-12-14-8-5-6-9-15(14)17/h3-12,17H,1-2H3/b4-3+,11-10+,13-7-,16-12+. The van der Waals surface area contributed by atoms with E-state index in [0.717, 1.165) is 5.57 Å². The normalized spacial score (nSPS) is 13.2. The Morgan fingerprint density at radius 1 is 1.29 bits per heavy atom. The topological polar surface area (TPSA) is 32.6 Å². The maximum atomic E-state index is 9.50. The zero-order valence-electron chi connectivity index (χ0n) is 10.2. The largest absolute Gasteiger partial charge is 0.507 e. The fourth-order valence-electron chi connectivity index (χ4n) is 1.18. The summed E-state index contributed by atoms with van der Waals surface area (Å²) in [5.74, 6) is 0.242. The third kappa shape index (κ3) is 4.98. The van der Waals surface area contributed by atoms with Gasteiger partial charge in [0.15, 0.2) is 0 Å². The SMILES string of the molecule is C/C=C/C=C(C)\C=C\N=C\c1ccccc1O. The molecule has 1 rings (SSSR count). The minimum absolute atomic E-state index is 0.242. The van der Waals surface area contributed by atoms with E-state index in [4.69, 9.17) is 0 Å². The molecule has 0 fully saturated rings. The first-order chi connectivity index (χ1) is 8.24. The molecule has 0 heterocycles. The lowest BCUT2D eigenvalue weighted by atomic mass is 10.2. The summed E-state index contributed by atoms with van der Waals surface area (Å²) in [4.78, 5) is 4.12. The first-order valence-corrected chi connectivity index (χ1v) is 5.51. The number of nitrogens with zero attached hydrogens (tertiary/aromatic N) is 1. The number of benzene rings is 1. The van der Waals surface area contributed by atoms with Gasteiger partial charge in [0.1, 0.15) is 5.75 Å². The molecule has 2 nitrogen and oxygen atoms in total. The van der Waals surface area contributed by atoms with Crippen LogP contribution in [0, 0.1) is 0 Å². The maximum absolute atomic E-state index is 9.50. The number of phenols is 1. The molecule has 1 N–H and O–H groups in total. The molecule has 2 heteroatoms. The maximum Gasteiger partial charge on any atom is 0.124 e. The first-order valence-electron chi connectivity index (χ1n) is 5.51. The minimum Gasteiger partial charge on any atom is -0.507 e. The zero-order chi connectivity index (χ0) is 12.5. The van der Waals surface area contributed by atoms with Crippen molar-refractivity contribution in [2.45, 2.75) is 13.8 Å². The molecule has 0 bridgehead atoms. The molecule has 0 aliphatic carbocycles. The van der Waals surface area contributed by atoms with Crippen LogP contribution in [0.15, 0.2) is 65.3 Å². The van der Waals surface area contributed by atoms with Gasteiger partial charge in [-0.2, -0.15) is 0 Å². The number of hydrogen-bond donors (Lipinski definition) is 1. The molecule has 0 aliphatic rings. The number of phenolic OH excluding ortho intramolecular Hbond substituents is 1. The van der Waals surface area contributed by atoms with Crippen LogP contribution in [0.2, 0.25) is 0 Å². The fraction of sp³-hybridized carbons (Fsp3) is 0.133. The number of aromatic hydroxyl groups is 1. The summed E-state index contributed by atoms with van der Waals surface area (Å²) in [7, 11) is 0. The third-order valence-corrected chi connectivity index (χ3v) is 2.13. The van der Waals surface area contributed by atoms with E-state index in [1.807, 2.05) is 50.3 Å². The van der Waals surface area contributed by atoms with Gasteiger partial charge in [0.25, 0.3) is 0 Å². The van der Waals surface area contributed by atoms with Gasteiger partial charge < -0.3 is 5.11 Å². The van der Waals surface area contributed by atoms with Crippen molar-refractivity contribution < 1.29 is 5.11 Å². The van der Waals surface area contributed by atoms with Crippen LogP contribution < -0.4 is 0 Å². The predicted molar refractivity (Wildman–Crippen MR) is 73.4 cm³/mol. The molecule has 0 aromatic heterocycles. The molecule has 0 saturated heterocycles. The average Bonchev–Trinajstić information content (AvgIpc) is 2.34. The molecule has 0 spiro atoms. The molecular weight excluding hydrogens is 210 g/mol. The quantitative estimate of drug-likeness (QED) is 0.615. The average molecular weight is 227 g/mol. The van der Waals surface area contributed by atoms with Gasteiger partial charge in [-0.25, -0.2) is 0 Å². The van der Waals surface area contributed by atoms with Crippen molar-refractivity contribution in [1.82, 2.24) is 0 Å². The van der Waals surface area contributed by atoms with E-state index in [-0.39, 0.29) is 5.75 Å². The van der Waals surface area contributed by atoms with Crippen molar-refractivity contribution >= 4 is 6.21 Å². The highest BCUT2D eigenvalue weighted by Crippen LogP contribution is 2.12. The van der Waals surface area contributed by atoms with Crippen molar-refractivity contribution in [3.8, 4) is 5.75 Å². The molecule has 1 aromatic rings. The highest BCUT2D eigenvalue weighted by molar-refractivity contribution is 5.83. The fourth-order valence-corrected chi connectivity index (χ4v) is 1.18.